The van der Waals surface area contributed by atoms with Crippen LogP contribution in [-0.2, 0) is 17.2 Å². The Labute approximate surface area is 128 Å². The van der Waals surface area contributed by atoms with Crippen LogP contribution in [0.25, 0.3) is 22.2 Å². The van der Waals surface area contributed by atoms with E-state index in [4.69, 9.17) is 5.73 Å². The van der Waals surface area contributed by atoms with E-state index in [0.717, 1.165) is 5.56 Å². The topological polar surface area (TPSA) is 73.1 Å². The summed E-state index contributed by atoms with van der Waals surface area (Å²) in [5.74, 6) is -0.384. The lowest BCUT2D eigenvalue weighted by atomic mass is 10.0. The molecular formula is C16H13FN2O2S. The zero-order chi connectivity index (χ0) is 15.7. The summed E-state index contributed by atoms with van der Waals surface area (Å²) >= 11 is 0. The molecule has 0 amide bonds. The van der Waals surface area contributed by atoms with Gasteiger partial charge >= 0.3 is 0 Å². The average Bonchev–Trinajstić information content (AvgIpc) is 2.52. The highest BCUT2D eigenvalue weighted by molar-refractivity contribution is 7.72. The van der Waals surface area contributed by atoms with Crippen molar-refractivity contribution >= 4 is 21.6 Å². The fourth-order valence-electron chi connectivity index (χ4n) is 2.42. The maximum Gasteiger partial charge on any atom is 0.170 e. The number of pyridine rings is 1. The third-order valence-electron chi connectivity index (χ3n) is 3.42. The van der Waals surface area contributed by atoms with Crippen molar-refractivity contribution < 1.29 is 12.8 Å². The second-order valence-electron chi connectivity index (χ2n) is 4.82. The van der Waals surface area contributed by atoms with Crippen LogP contribution in [0.3, 0.4) is 0 Å². The molecule has 0 unspecified atom stereocenters. The SMILES string of the molecule is NCc1cc2cccc([SH](=O)=O)c2nc1-c1cccc(F)c1. The van der Waals surface area contributed by atoms with Gasteiger partial charge in [0.05, 0.1) is 16.1 Å². The number of thiol groups is 1. The van der Waals surface area contributed by atoms with Gasteiger partial charge in [0.2, 0.25) is 0 Å². The Morgan fingerprint density at radius 1 is 1.09 bits per heavy atom. The molecule has 1 heterocycles. The van der Waals surface area contributed by atoms with Gasteiger partial charge in [-0.25, -0.2) is 17.8 Å². The van der Waals surface area contributed by atoms with E-state index < -0.39 is 10.7 Å². The van der Waals surface area contributed by atoms with Gasteiger partial charge in [0.15, 0.2) is 10.7 Å². The lowest BCUT2D eigenvalue weighted by Crippen LogP contribution is -2.02. The highest BCUT2D eigenvalue weighted by Crippen LogP contribution is 2.28. The number of halogens is 1. The van der Waals surface area contributed by atoms with E-state index in [-0.39, 0.29) is 17.3 Å². The first-order valence-corrected chi connectivity index (χ1v) is 7.81. The molecule has 0 aliphatic carbocycles. The van der Waals surface area contributed by atoms with Crippen molar-refractivity contribution in [3.63, 3.8) is 0 Å². The number of fused-ring (bicyclic) bond motifs is 1. The maximum atomic E-state index is 13.5. The van der Waals surface area contributed by atoms with E-state index in [1.54, 1.807) is 30.3 Å². The molecule has 0 radical (unpaired) electrons. The van der Waals surface area contributed by atoms with Crippen LogP contribution in [0.1, 0.15) is 5.56 Å². The van der Waals surface area contributed by atoms with E-state index in [0.29, 0.717) is 22.2 Å². The van der Waals surface area contributed by atoms with Gasteiger partial charge in [-0.15, -0.1) is 0 Å². The molecule has 3 aromatic rings. The monoisotopic (exact) mass is 316 g/mol. The molecule has 0 aliphatic rings. The van der Waals surface area contributed by atoms with Crippen molar-refractivity contribution in [3.8, 4) is 11.3 Å². The molecule has 0 spiro atoms. The van der Waals surface area contributed by atoms with Gasteiger partial charge in [-0.3, -0.25) is 0 Å². The minimum Gasteiger partial charge on any atom is -0.326 e. The number of hydrogen-bond acceptors (Lipinski definition) is 4. The van der Waals surface area contributed by atoms with Crippen molar-refractivity contribution in [1.29, 1.82) is 0 Å². The fourth-order valence-corrected chi connectivity index (χ4v) is 2.98. The van der Waals surface area contributed by atoms with E-state index >= 15 is 0 Å². The molecule has 0 atom stereocenters. The smallest absolute Gasteiger partial charge is 0.170 e. The molecule has 0 saturated carbocycles. The fraction of sp³-hybridized carbons (Fsp3) is 0.0625. The Kier molecular flexibility index (Phi) is 3.87. The number of aromatic nitrogens is 1. The second kappa shape index (κ2) is 5.82. The zero-order valence-electron chi connectivity index (χ0n) is 11.5. The summed E-state index contributed by atoms with van der Waals surface area (Å²) < 4.78 is 36.2. The first-order valence-electron chi connectivity index (χ1n) is 6.63. The first-order chi connectivity index (χ1) is 10.6. The Hall–Kier alpha value is -2.31. The van der Waals surface area contributed by atoms with E-state index in [9.17, 15) is 12.8 Å². The third-order valence-corrected chi connectivity index (χ3v) is 4.17. The highest BCUT2D eigenvalue weighted by Gasteiger charge is 2.12. The van der Waals surface area contributed by atoms with Crippen molar-refractivity contribution in [2.24, 2.45) is 5.73 Å². The quantitative estimate of drug-likeness (QED) is 0.728. The lowest BCUT2D eigenvalue weighted by Gasteiger charge is -2.10. The molecule has 3 rings (SSSR count). The zero-order valence-corrected chi connectivity index (χ0v) is 12.4. The highest BCUT2D eigenvalue weighted by atomic mass is 32.2. The lowest BCUT2D eigenvalue weighted by molar-refractivity contribution is 0.615. The molecular weight excluding hydrogens is 303 g/mol. The normalized spacial score (nSPS) is 11.2. The molecule has 112 valence electrons. The summed E-state index contributed by atoms with van der Waals surface area (Å²) in [6.07, 6.45) is 0. The second-order valence-corrected chi connectivity index (χ2v) is 5.81. The number of nitrogens with zero attached hydrogens (tertiary/aromatic N) is 1. The van der Waals surface area contributed by atoms with Crippen LogP contribution in [0, 0.1) is 5.82 Å². The molecule has 4 nitrogen and oxygen atoms in total. The Balaban J connectivity index is 2.36. The van der Waals surface area contributed by atoms with Gasteiger partial charge in [-0.1, -0.05) is 24.3 Å². The maximum absolute atomic E-state index is 13.5. The summed E-state index contributed by atoms with van der Waals surface area (Å²) in [5.41, 5.74) is 7.93. The van der Waals surface area contributed by atoms with Gasteiger partial charge in [-0.05, 0) is 29.8 Å². The van der Waals surface area contributed by atoms with Crippen LogP contribution >= 0.6 is 0 Å². The molecule has 6 heteroatoms. The average molecular weight is 316 g/mol. The van der Waals surface area contributed by atoms with E-state index in [1.807, 2.05) is 0 Å². The van der Waals surface area contributed by atoms with Crippen molar-refractivity contribution in [2.45, 2.75) is 11.4 Å². The molecule has 0 aliphatic heterocycles. The summed E-state index contributed by atoms with van der Waals surface area (Å²) in [4.78, 5) is 4.60. The molecule has 22 heavy (non-hydrogen) atoms. The van der Waals surface area contributed by atoms with Gasteiger partial charge in [0, 0.05) is 17.5 Å². The Bertz CT molecular complexity index is 931. The Morgan fingerprint density at radius 2 is 1.86 bits per heavy atom. The van der Waals surface area contributed by atoms with Gasteiger partial charge in [0.1, 0.15) is 5.82 Å². The predicted molar refractivity (Wildman–Crippen MR) is 83.6 cm³/mol. The van der Waals surface area contributed by atoms with Crippen molar-refractivity contribution in [2.75, 3.05) is 0 Å². The van der Waals surface area contributed by atoms with Crippen LogP contribution in [-0.4, -0.2) is 13.4 Å². The van der Waals surface area contributed by atoms with Crippen molar-refractivity contribution in [3.05, 3.63) is 59.9 Å². The van der Waals surface area contributed by atoms with E-state index in [1.165, 1.54) is 18.2 Å². The summed E-state index contributed by atoms with van der Waals surface area (Å²) in [6.45, 7) is 0.225. The molecule has 0 bridgehead atoms. The van der Waals surface area contributed by atoms with Crippen LogP contribution < -0.4 is 5.73 Å². The van der Waals surface area contributed by atoms with Crippen molar-refractivity contribution in [1.82, 2.24) is 4.98 Å². The van der Waals surface area contributed by atoms with Gasteiger partial charge in [0.25, 0.3) is 0 Å². The number of benzene rings is 2. The number of para-hydroxylation sites is 1. The van der Waals surface area contributed by atoms with Crippen LogP contribution in [0.2, 0.25) is 0 Å². The molecule has 0 saturated heterocycles. The van der Waals surface area contributed by atoms with Crippen LogP contribution in [0.5, 0.6) is 0 Å². The third kappa shape index (κ3) is 2.58. The van der Waals surface area contributed by atoms with Gasteiger partial charge in [-0.2, -0.15) is 0 Å². The summed E-state index contributed by atoms with van der Waals surface area (Å²) in [6, 6.07) is 12.7. The predicted octanol–water partition coefficient (Wildman–Crippen LogP) is 2.47. The first kappa shape index (κ1) is 14.6. The number of hydrogen-bond donors (Lipinski definition) is 2. The molecule has 0 fully saturated rings. The molecule has 2 N–H and O–H groups in total. The Morgan fingerprint density at radius 3 is 2.55 bits per heavy atom. The minimum atomic E-state index is -2.76. The van der Waals surface area contributed by atoms with Crippen LogP contribution in [0.4, 0.5) is 4.39 Å². The molecule has 2 aromatic carbocycles. The molecule has 1 aromatic heterocycles. The van der Waals surface area contributed by atoms with E-state index in [2.05, 4.69) is 4.98 Å². The minimum absolute atomic E-state index is 0.147. The van der Waals surface area contributed by atoms with Gasteiger partial charge < -0.3 is 5.73 Å². The van der Waals surface area contributed by atoms with Crippen LogP contribution in [0.15, 0.2) is 53.4 Å². The number of rotatable bonds is 3. The standard InChI is InChI=1S/C16H13FN2O2S/c17-13-5-1-3-11(8-13)15-12(9-18)7-10-4-2-6-14(22(20)21)16(10)19-15/h1-8,22H,9,18H2. The largest absolute Gasteiger partial charge is 0.326 e. The summed E-state index contributed by atoms with van der Waals surface area (Å²) in [5, 5.41) is 0.692. The number of nitrogens with two attached hydrogens (primary N) is 1. The summed E-state index contributed by atoms with van der Waals surface area (Å²) in [7, 11) is -2.76.